The summed E-state index contributed by atoms with van der Waals surface area (Å²) in [5, 5.41) is 15.6. The predicted octanol–water partition coefficient (Wildman–Crippen LogP) is 3.95. The van der Waals surface area contributed by atoms with Gasteiger partial charge in [-0.05, 0) is 42.7 Å². The molecular weight excluding hydrogens is 385 g/mol. The Kier molecular flexibility index (Phi) is 5.97. The molecule has 1 aromatic carbocycles. The molecule has 2 heterocycles. The summed E-state index contributed by atoms with van der Waals surface area (Å²) in [5.74, 6) is 0.0397. The SMILES string of the molecule is CC(C)CCN1CC(O)Nc2cc(C(=O)Nc3ccc(C(F)(F)F)nc3)ccc21. The Morgan fingerprint density at radius 2 is 2.10 bits per heavy atom. The first-order valence-electron chi connectivity index (χ1n) is 9.31. The van der Waals surface area contributed by atoms with Gasteiger partial charge in [0.15, 0.2) is 0 Å². The molecule has 3 N–H and O–H groups in total. The van der Waals surface area contributed by atoms with Crippen molar-refractivity contribution in [3.8, 4) is 0 Å². The lowest BCUT2D eigenvalue weighted by molar-refractivity contribution is -0.141. The van der Waals surface area contributed by atoms with E-state index in [-0.39, 0.29) is 5.69 Å². The first-order chi connectivity index (χ1) is 13.6. The Labute approximate surface area is 166 Å². The van der Waals surface area contributed by atoms with Crippen molar-refractivity contribution in [2.45, 2.75) is 32.7 Å². The van der Waals surface area contributed by atoms with Crippen LogP contribution < -0.4 is 15.5 Å². The Bertz CT molecular complexity index is 869. The van der Waals surface area contributed by atoms with Crippen LogP contribution in [0.15, 0.2) is 36.5 Å². The molecule has 0 aliphatic carbocycles. The second-order valence-electron chi connectivity index (χ2n) is 7.40. The van der Waals surface area contributed by atoms with E-state index in [1.807, 2.05) is 0 Å². The molecule has 9 heteroatoms. The van der Waals surface area contributed by atoms with Crippen molar-refractivity contribution in [3.63, 3.8) is 0 Å². The number of halogens is 3. The molecule has 156 valence electrons. The first-order valence-corrected chi connectivity index (χ1v) is 9.31. The van der Waals surface area contributed by atoms with Crippen molar-refractivity contribution in [1.29, 1.82) is 0 Å². The molecule has 1 unspecified atom stereocenters. The molecule has 0 spiro atoms. The van der Waals surface area contributed by atoms with Gasteiger partial charge in [0, 0.05) is 12.1 Å². The summed E-state index contributed by atoms with van der Waals surface area (Å²) in [6, 6.07) is 7.03. The van der Waals surface area contributed by atoms with Gasteiger partial charge in [0.2, 0.25) is 0 Å². The number of amides is 1. The first kappa shape index (κ1) is 20.9. The summed E-state index contributed by atoms with van der Waals surface area (Å²) in [7, 11) is 0. The van der Waals surface area contributed by atoms with E-state index >= 15 is 0 Å². The standard InChI is InChI=1S/C20H23F3N4O2/c1-12(2)7-8-27-11-18(28)26-15-9-13(3-5-16(15)27)19(29)25-14-4-6-17(24-10-14)20(21,22)23/h3-6,9-10,12,18,26,28H,7-8,11H2,1-2H3,(H,25,29). The molecule has 1 amide bonds. The Hall–Kier alpha value is -2.81. The highest BCUT2D eigenvalue weighted by Crippen LogP contribution is 2.32. The summed E-state index contributed by atoms with van der Waals surface area (Å²) < 4.78 is 37.8. The van der Waals surface area contributed by atoms with Gasteiger partial charge in [0.1, 0.15) is 11.9 Å². The number of aromatic nitrogens is 1. The number of nitrogens with one attached hydrogen (secondary N) is 2. The van der Waals surface area contributed by atoms with Crippen LogP contribution in [0.1, 0.15) is 36.3 Å². The van der Waals surface area contributed by atoms with Gasteiger partial charge in [0.25, 0.3) is 5.91 Å². The van der Waals surface area contributed by atoms with Crippen LogP contribution in [-0.2, 0) is 6.18 Å². The quantitative estimate of drug-likeness (QED) is 0.698. The number of pyridine rings is 1. The number of carbonyl (C=O) groups is 1. The molecule has 0 radical (unpaired) electrons. The fourth-order valence-electron chi connectivity index (χ4n) is 3.07. The third-order valence-electron chi connectivity index (χ3n) is 4.60. The third kappa shape index (κ3) is 5.17. The number of benzene rings is 1. The molecular formula is C20H23F3N4O2. The van der Waals surface area contributed by atoms with Crippen LogP contribution in [0, 0.1) is 5.92 Å². The van der Waals surface area contributed by atoms with E-state index in [4.69, 9.17) is 0 Å². The fourth-order valence-corrected chi connectivity index (χ4v) is 3.07. The molecule has 1 aromatic heterocycles. The monoisotopic (exact) mass is 408 g/mol. The van der Waals surface area contributed by atoms with Gasteiger partial charge in [-0.1, -0.05) is 13.8 Å². The summed E-state index contributed by atoms with van der Waals surface area (Å²) >= 11 is 0. The van der Waals surface area contributed by atoms with Crippen LogP contribution >= 0.6 is 0 Å². The Morgan fingerprint density at radius 3 is 2.72 bits per heavy atom. The fraction of sp³-hybridized carbons (Fsp3) is 0.400. The van der Waals surface area contributed by atoms with Crippen LogP contribution in [-0.4, -0.2) is 35.3 Å². The molecule has 2 aromatic rings. The van der Waals surface area contributed by atoms with Gasteiger partial charge in [0.05, 0.1) is 29.8 Å². The number of aliphatic hydroxyl groups is 1. The van der Waals surface area contributed by atoms with Gasteiger partial charge in [-0.2, -0.15) is 13.2 Å². The zero-order valence-electron chi connectivity index (χ0n) is 16.1. The number of fused-ring (bicyclic) bond motifs is 1. The number of β-amino-alcohol motifs (C(OH)–C–C–N with tert-alkyl or cyclic N) is 1. The summed E-state index contributed by atoms with van der Waals surface area (Å²) in [6.45, 7) is 5.49. The lowest BCUT2D eigenvalue weighted by atomic mass is 10.1. The summed E-state index contributed by atoms with van der Waals surface area (Å²) in [5.41, 5.74) is 0.972. The lowest BCUT2D eigenvalue weighted by Gasteiger charge is -2.35. The average Bonchev–Trinajstić information content (AvgIpc) is 2.65. The van der Waals surface area contributed by atoms with Gasteiger partial charge < -0.3 is 20.6 Å². The molecule has 0 bridgehead atoms. The number of aliphatic hydroxyl groups excluding tert-OH is 1. The molecule has 6 nitrogen and oxygen atoms in total. The molecule has 0 fully saturated rings. The van der Waals surface area contributed by atoms with Crippen LogP contribution in [0.2, 0.25) is 0 Å². The van der Waals surface area contributed by atoms with Crippen molar-refractivity contribution in [1.82, 2.24) is 4.98 Å². The van der Waals surface area contributed by atoms with Crippen molar-refractivity contribution >= 4 is 23.0 Å². The number of hydrogen-bond acceptors (Lipinski definition) is 5. The maximum atomic E-state index is 12.6. The minimum absolute atomic E-state index is 0.160. The minimum Gasteiger partial charge on any atom is -0.372 e. The van der Waals surface area contributed by atoms with Crippen LogP contribution in [0.5, 0.6) is 0 Å². The predicted molar refractivity (Wildman–Crippen MR) is 105 cm³/mol. The van der Waals surface area contributed by atoms with E-state index in [0.717, 1.165) is 37.0 Å². The third-order valence-corrected chi connectivity index (χ3v) is 4.60. The number of anilines is 3. The van der Waals surface area contributed by atoms with E-state index in [0.29, 0.717) is 23.7 Å². The number of rotatable bonds is 5. The zero-order chi connectivity index (χ0) is 21.2. The average molecular weight is 408 g/mol. The minimum atomic E-state index is -4.53. The van der Waals surface area contributed by atoms with E-state index in [9.17, 15) is 23.1 Å². The highest BCUT2D eigenvalue weighted by molar-refractivity contribution is 6.05. The van der Waals surface area contributed by atoms with Crippen molar-refractivity contribution < 1.29 is 23.1 Å². The van der Waals surface area contributed by atoms with Crippen LogP contribution in [0.4, 0.5) is 30.2 Å². The maximum Gasteiger partial charge on any atom is 0.433 e. The molecule has 1 atom stereocenters. The largest absolute Gasteiger partial charge is 0.433 e. The molecule has 0 saturated heterocycles. The Balaban J connectivity index is 1.74. The lowest BCUT2D eigenvalue weighted by Crippen LogP contribution is -2.42. The van der Waals surface area contributed by atoms with Crippen molar-refractivity contribution in [2.75, 3.05) is 28.6 Å². The number of hydrogen-bond donors (Lipinski definition) is 3. The van der Waals surface area contributed by atoms with Gasteiger partial charge in [-0.15, -0.1) is 0 Å². The Morgan fingerprint density at radius 1 is 1.34 bits per heavy atom. The van der Waals surface area contributed by atoms with E-state index in [2.05, 4.69) is 34.4 Å². The summed E-state index contributed by atoms with van der Waals surface area (Å²) in [4.78, 5) is 17.9. The molecule has 0 saturated carbocycles. The number of carbonyl (C=O) groups excluding carboxylic acids is 1. The molecule has 1 aliphatic rings. The second kappa shape index (κ2) is 8.28. The maximum absolute atomic E-state index is 12.6. The molecule has 3 rings (SSSR count). The number of alkyl halides is 3. The van der Waals surface area contributed by atoms with Crippen LogP contribution in [0.25, 0.3) is 0 Å². The highest BCUT2D eigenvalue weighted by Gasteiger charge is 2.32. The van der Waals surface area contributed by atoms with E-state index in [1.165, 1.54) is 0 Å². The topological polar surface area (TPSA) is 77.5 Å². The normalized spacial score (nSPS) is 16.4. The van der Waals surface area contributed by atoms with E-state index in [1.54, 1.807) is 18.2 Å². The molecule has 1 aliphatic heterocycles. The smallest absolute Gasteiger partial charge is 0.372 e. The van der Waals surface area contributed by atoms with Gasteiger partial charge in [-0.3, -0.25) is 4.79 Å². The van der Waals surface area contributed by atoms with Gasteiger partial charge >= 0.3 is 6.18 Å². The van der Waals surface area contributed by atoms with E-state index < -0.39 is 24.0 Å². The highest BCUT2D eigenvalue weighted by atomic mass is 19.4. The number of nitrogens with zero attached hydrogens (tertiary/aromatic N) is 2. The zero-order valence-corrected chi connectivity index (χ0v) is 16.1. The van der Waals surface area contributed by atoms with Crippen molar-refractivity contribution in [3.05, 3.63) is 47.8 Å². The second-order valence-corrected chi connectivity index (χ2v) is 7.40. The van der Waals surface area contributed by atoms with Crippen LogP contribution in [0.3, 0.4) is 0 Å². The van der Waals surface area contributed by atoms with Gasteiger partial charge in [-0.25, -0.2) is 4.98 Å². The molecule has 29 heavy (non-hydrogen) atoms. The van der Waals surface area contributed by atoms with Crippen molar-refractivity contribution in [2.24, 2.45) is 5.92 Å². The summed E-state index contributed by atoms with van der Waals surface area (Å²) in [6.07, 6.45) is -3.36.